The first-order chi connectivity index (χ1) is 11.6. The van der Waals surface area contributed by atoms with E-state index in [1.54, 1.807) is 18.2 Å². The lowest BCUT2D eigenvalue weighted by molar-refractivity contribution is -0.187. The number of alkyl halides is 3. The Labute approximate surface area is 151 Å². The van der Waals surface area contributed by atoms with Crippen LogP contribution in [0, 0.1) is 11.8 Å². The third kappa shape index (κ3) is 4.70. The van der Waals surface area contributed by atoms with Gasteiger partial charge in [0.05, 0.1) is 11.8 Å². The summed E-state index contributed by atoms with van der Waals surface area (Å²) in [6, 6.07) is 4.19. The van der Waals surface area contributed by atoms with Gasteiger partial charge in [-0.2, -0.15) is 13.2 Å². The molecule has 25 heavy (non-hydrogen) atoms. The van der Waals surface area contributed by atoms with Gasteiger partial charge in [-0.25, -0.2) is 4.79 Å². The third-order valence-corrected chi connectivity index (χ3v) is 4.77. The smallest absolute Gasteiger partial charge is 0.394 e. The van der Waals surface area contributed by atoms with Crippen LogP contribution in [0.15, 0.2) is 18.2 Å². The highest BCUT2D eigenvalue weighted by Crippen LogP contribution is 2.37. The second-order valence-corrected chi connectivity index (χ2v) is 6.49. The number of carboxylic acids is 1. The van der Waals surface area contributed by atoms with Crippen LogP contribution in [0.1, 0.15) is 5.56 Å². The number of urea groups is 1. The molecule has 0 radical (unpaired) electrons. The summed E-state index contributed by atoms with van der Waals surface area (Å²) in [6.45, 7) is -1.06. The molecule has 0 unspecified atom stereocenters. The number of carbonyl (C=O) groups excluding carboxylic acids is 1. The van der Waals surface area contributed by atoms with Gasteiger partial charge in [-0.3, -0.25) is 4.79 Å². The monoisotopic (exact) mass is 398 g/mol. The number of amides is 2. The Morgan fingerprint density at radius 2 is 1.84 bits per heavy atom. The topological polar surface area (TPSA) is 69.6 Å². The molecule has 138 valence electrons. The Hall–Kier alpha value is -1.67. The Kier molecular flexibility index (Phi) is 6.05. The molecular weight excluding hydrogens is 384 g/mol. The van der Waals surface area contributed by atoms with E-state index in [1.807, 2.05) is 0 Å². The summed E-state index contributed by atoms with van der Waals surface area (Å²) in [5, 5.41) is 12.3. The Balaban J connectivity index is 1.94. The van der Waals surface area contributed by atoms with E-state index in [9.17, 15) is 22.8 Å². The van der Waals surface area contributed by atoms with Crippen molar-refractivity contribution in [2.75, 3.05) is 19.6 Å². The maximum Gasteiger partial charge on any atom is 0.394 e. The lowest BCUT2D eigenvalue weighted by atomic mass is 9.96. The SMILES string of the molecule is O=C(O)[C@@H]1CN(C(=O)NCCc2c(Cl)cccc2Cl)C[C@H]1C(F)(F)F. The lowest BCUT2D eigenvalue weighted by Gasteiger charge is -2.19. The number of hydrogen-bond donors (Lipinski definition) is 2. The average Bonchev–Trinajstić information content (AvgIpc) is 2.96. The Bertz CT molecular complexity index is 650. The van der Waals surface area contributed by atoms with Crippen molar-refractivity contribution in [1.29, 1.82) is 0 Å². The molecule has 1 heterocycles. The van der Waals surface area contributed by atoms with E-state index in [4.69, 9.17) is 28.3 Å². The number of nitrogens with one attached hydrogen (secondary N) is 1. The average molecular weight is 399 g/mol. The van der Waals surface area contributed by atoms with E-state index in [0.29, 0.717) is 22.0 Å². The van der Waals surface area contributed by atoms with Crippen molar-refractivity contribution in [3.63, 3.8) is 0 Å². The summed E-state index contributed by atoms with van der Waals surface area (Å²) in [6.07, 6.45) is -4.38. The van der Waals surface area contributed by atoms with E-state index >= 15 is 0 Å². The van der Waals surface area contributed by atoms with E-state index in [2.05, 4.69) is 5.32 Å². The van der Waals surface area contributed by atoms with Gasteiger partial charge in [0, 0.05) is 29.7 Å². The first-order valence-electron chi connectivity index (χ1n) is 7.36. The zero-order chi connectivity index (χ0) is 18.8. The molecule has 0 aromatic heterocycles. The fraction of sp³-hybridized carbons (Fsp3) is 0.467. The normalized spacial score (nSPS) is 20.6. The molecule has 1 aliphatic heterocycles. The van der Waals surface area contributed by atoms with Crippen molar-refractivity contribution < 1.29 is 27.9 Å². The molecule has 2 rings (SSSR count). The number of nitrogens with zero attached hydrogens (tertiary/aromatic N) is 1. The van der Waals surface area contributed by atoms with Gasteiger partial charge >= 0.3 is 18.2 Å². The minimum atomic E-state index is -4.68. The van der Waals surface area contributed by atoms with Crippen molar-refractivity contribution in [2.45, 2.75) is 12.6 Å². The highest BCUT2D eigenvalue weighted by atomic mass is 35.5. The summed E-state index contributed by atoms with van der Waals surface area (Å²) in [5.41, 5.74) is 0.615. The molecule has 0 saturated carbocycles. The predicted molar refractivity (Wildman–Crippen MR) is 85.8 cm³/mol. The molecule has 10 heteroatoms. The van der Waals surface area contributed by atoms with Crippen molar-refractivity contribution in [3.8, 4) is 0 Å². The van der Waals surface area contributed by atoms with Crippen molar-refractivity contribution >= 4 is 35.2 Å². The van der Waals surface area contributed by atoms with E-state index in [-0.39, 0.29) is 6.54 Å². The zero-order valence-electron chi connectivity index (χ0n) is 12.8. The van der Waals surface area contributed by atoms with Crippen LogP contribution in [0.2, 0.25) is 10.0 Å². The fourth-order valence-corrected chi connectivity index (χ4v) is 3.32. The van der Waals surface area contributed by atoms with Crippen LogP contribution in [0.5, 0.6) is 0 Å². The van der Waals surface area contributed by atoms with Crippen LogP contribution < -0.4 is 5.32 Å². The number of rotatable bonds is 4. The quantitative estimate of drug-likeness (QED) is 0.815. The zero-order valence-corrected chi connectivity index (χ0v) is 14.3. The van der Waals surface area contributed by atoms with Crippen LogP contribution in [0.4, 0.5) is 18.0 Å². The number of likely N-dealkylation sites (tertiary alicyclic amines) is 1. The van der Waals surface area contributed by atoms with Gasteiger partial charge in [-0.15, -0.1) is 0 Å². The molecule has 1 aromatic carbocycles. The van der Waals surface area contributed by atoms with Gasteiger partial charge in [0.1, 0.15) is 0 Å². The molecule has 1 aromatic rings. The van der Waals surface area contributed by atoms with Crippen LogP contribution in [-0.2, 0) is 11.2 Å². The van der Waals surface area contributed by atoms with Gasteiger partial charge in [0.25, 0.3) is 0 Å². The van der Waals surface area contributed by atoms with Gasteiger partial charge in [0.15, 0.2) is 0 Å². The highest BCUT2D eigenvalue weighted by molar-refractivity contribution is 6.35. The third-order valence-electron chi connectivity index (χ3n) is 4.06. The lowest BCUT2D eigenvalue weighted by Crippen LogP contribution is -2.40. The number of hydrogen-bond acceptors (Lipinski definition) is 2. The maximum absolute atomic E-state index is 12.9. The predicted octanol–water partition coefficient (Wildman–Crippen LogP) is 3.44. The standard InChI is InChI=1S/C15H15Cl2F3N2O3/c16-11-2-1-3-12(17)8(11)4-5-21-14(25)22-6-9(13(23)24)10(7-22)15(18,19)20/h1-3,9-10H,4-7H2,(H,21,25)(H,23,24)/t9-,10-/m1/s1. The molecule has 2 amide bonds. The van der Waals surface area contributed by atoms with Crippen molar-refractivity contribution in [3.05, 3.63) is 33.8 Å². The number of carboxylic acid groups (broad SMARTS) is 1. The molecule has 1 fully saturated rings. The van der Waals surface area contributed by atoms with Crippen LogP contribution >= 0.6 is 23.2 Å². The van der Waals surface area contributed by atoms with E-state index in [1.165, 1.54) is 0 Å². The van der Waals surface area contributed by atoms with Gasteiger partial charge in [-0.1, -0.05) is 29.3 Å². The second-order valence-electron chi connectivity index (χ2n) is 5.68. The molecule has 0 aliphatic carbocycles. The summed E-state index contributed by atoms with van der Waals surface area (Å²) in [7, 11) is 0. The largest absolute Gasteiger partial charge is 0.481 e. The van der Waals surface area contributed by atoms with Crippen molar-refractivity contribution in [2.24, 2.45) is 11.8 Å². The first-order valence-corrected chi connectivity index (χ1v) is 8.12. The minimum Gasteiger partial charge on any atom is -0.481 e. The molecule has 1 aliphatic rings. The summed E-state index contributed by atoms with van der Waals surface area (Å²) < 4.78 is 38.8. The summed E-state index contributed by atoms with van der Waals surface area (Å²) >= 11 is 12.0. The molecule has 2 atom stereocenters. The van der Waals surface area contributed by atoms with E-state index < -0.39 is 43.1 Å². The molecule has 0 bridgehead atoms. The molecule has 2 N–H and O–H groups in total. The van der Waals surface area contributed by atoms with Gasteiger partial charge in [0.2, 0.25) is 0 Å². The summed E-state index contributed by atoms with van der Waals surface area (Å²) in [4.78, 5) is 23.9. The van der Waals surface area contributed by atoms with Gasteiger partial charge in [-0.05, 0) is 24.1 Å². The number of carbonyl (C=O) groups is 2. The Morgan fingerprint density at radius 1 is 1.24 bits per heavy atom. The Morgan fingerprint density at radius 3 is 2.32 bits per heavy atom. The number of halogens is 5. The second kappa shape index (κ2) is 7.70. The van der Waals surface area contributed by atoms with Crippen LogP contribution in [-0.4, -0.2) is 47.8 Å². The molecular formula is C15H15Cl2F3N2O3. The van der Waals surface area contributed by atoms with Crippen LogP contribution in [0.25, 0.3) is 0 Å². The fourth-order valence-electron chi connectivity index (χ4n) is 2.73. The molecule has 1 saturated heterocycles. The maximum atomic E-state index is 12.9. The van der Waals surface area contributed by atoms with Gasteiger partial charge < -0.3 is 15.3 Å². The summed E-state index contributed by atoms with van der Waals surface area (Å²) in [5.74, 6) is -5.31. The van der Waals surface area contributed by atoms with E-state index in [0.717, 1.165) is 4.90 Å². The number of benzene rings is 1. The molecule has 0 spiro atoms. The van der Waals surface area contributed by atoms with Crippen LogP contribution in [0.3, 0.4) is 0 Å². The minimum absolute atomic E-state index is 0.104. The van der Waals surface area contributed by atoms with Crippen molar-refractivity contribution in [1.82, 2.24) is 10.2 Å². The first kappa shape index (κ1) is 19.7. The molecule has 5 nitrogen and oxygen atoms in total. The number of aliphatic carboxylic acids is 1. The highest BCUT2D eigenvalue weighted by Gasteiger charge is 2.53.